The van der Waals surface area contributed by atoms with E-state index in [2.05, 4.69) is 53.8 Å². The van der Waals surface area contributed by atoms with Gasteiger partial charge in [-0.25, -0.2) is 4.98 Å². The van der Waals surface area contributed by atoms with Crippen LogP contribution in [0.25, 0.3) is 10.2 Å². The van der Waals surface area contributed by atoms with Crippen LogP contribution in [0.3, 0.4) is 0 Å². The largest absolute Gasteiger partial charge is 0.378 e. The lowest BCUT2D eigenvalue weighted by atomic mass is 10.0. The van der Waals surface area contributed by atoms with E-state index in [9.17, 15) is 9.59 Å². The normalized spacial score (nSPS) is 13.5. The number of fused-ring (bicyclic) bond motifs is 1. The highest BCUT2D eigenvalue weighted by atomic mass is 32.2. The fraction of sp³-hybridized carbons (Fsp3) is 0.156. The molecule has 0 saturated carbocycles. The number of carbonyl (C=O) groups excluding carboxylic acids is 2. The molecule has 2 heterocycles. The molecular weight excluding hydrogens is 539 g/mol. The molecule has 1 fully saturated rings. The summed E-state index contributed by atoms with van der Waals surface area (Å²) in [6.45, 7) is 2.05. The van der Waals surface area contributed by atoms with Crippen molar-refractivity contribution in [3.05, 3.63) is 125 Å². The number of morpholine rings is 1. The molecule has 0 atom stereocenters. The topological polar surface area (TPSA) is 71.5 Å². The second kappa shape index (κ2) is 12.0. The molecule has 1 aliphatic rings. The Morgan fingerprint density at radius 3 is 2.12 bits per heavy atom. The van der Waals surface area contributed by atoms with Crippen LogP contribution < -0.4 is 5.32 Å². The van der Waals surface area contributed by atoms with E-state index >= 15 is 0 Å². The summed E-state index contributed by atoms with van der Waals surface area (Å²) < 4.78 is 7.31. The minimum atomic E-state index is -0.316. The van der Waals surface area contributed by atoms with Crippen molar-refractivity contribution in [2.45, 2.75) is 9.59 Å². The van der Waals surface area contributed by atoms with Gasteiger partial charge in [0.1, 0.15) is 0 Å². The molecule has 6 nitrogen and oxygen atoms in total. The summed E-state index contributed by atoms with van der Waals surface area (Å²) in [4.78, 5) is 33.0. The number of anilines is 1. The average Bonchev–Trinajstić information content (AvgIpc) is 3.42. The van der Waals surface area contributed by atoms with Gasteiger partial charge in [0.2, 0.25) is 0 Å². The van der Waals surface area contributed by atoms with E-state index in [1.54, 1.807) is 52.3 Å². The number of amides is 2. The van der Waals surface area contributed by atoms with Gasteiger partial charge in [0.25, 0.3) is 11.8 Å². The van der Waals surface area contributed by atoms with Crippen molar-refractivity contribution in [2.24, 2.45) is 0 Å². The smallest absolute Gasteiger partial charge is 0.256 e. The predicted molar refractivity (Wildman–Crippen MR) is 161 cm³/mol. The number of hydrogen-bond acceptors (Lipinski definition) is 6. The summed E-state index contributed by atoms with van der Waals surface area (Å²) in [6, 6.07) is 33.6. The zero-order chi connectivity index (χ0) is 27.3. The molecule has 6 rings (SSSR count). The van der Waals surface area contributed by atoms with Crippen LogP contribution in [0.15, 0.2) is 107 Å². The zero-order valence-corrected chi connectivity index (χ0v) is 23.3. The highest BCUT2D eigenvalue weighted by molar-refractivity contribution is 8.01. The number of nitrogens with one attached hydrogen (secondary N) is 1. The number of rotatable bonds is 7. The van der Waals surface area contributed by atoms with E-state index in [-0.39, 0.29) is 17.1 Å². The van der Waals surface area contributed by atoms with Crippen LogP contribution in [0.2, 0.25) is 0 Å². The molecule has 8 heteroatoms. The van der Waals surface area contributed by atoms with Crippen molar-refractivity contribution < 1.29 is 14.3 Å². The van der Waals surface area contributed by atoms with Crippen molar-refractivity contribution in [2.75, 3.05) is 31.6 Å². The Morgan fingerprint density at radius 2 is 1.45 bits per heavy atom. The van der Waals surface area contributed by atoms with Gasteiger partial charge in [-0.3, -0.25) is 9.59 Å². The zero-order valence-electron chi connectivity index (χ0n) is 21.7. The van der Waals surface area contributed by atoms with Crippen LogP contribution in [-0.2, 0) is 4.74 Å². The first-order valence-electron chi connectivity index (χ1n) is 13.1. The minimum absolute atomic E-state index is 0.114. The summed E-state index contributed by atoms with van der Waals surface area (Å²) in [5.41, 5.74) is 4.73. The van der Waals surface area contributed by atoms with Gasteiger partial charge >= 0.3 is 0 Å². The van der Waals surface area contributed by atoms with Gasteiger partial charge in [0.15, 0.2) is 4.34 Å². The lowest BCUT2D eigenvalue weighted by molar-refractivity contribution is 0.0302. The van der Waals surface area contributed by atoms with Gasteiger partial charge in [-0.15, -0.1) is 11.3 Å². The SMILES string of the molecule is O=C(Nc1ccc2nc(SC(c3ccccc3)c3ccccc3)sc2c1)c1ccccc1C(=O)N1CCOCC1. The van der Waals surface area contributed by atoms with Crippen LogP contribution in [0, 0.1) is 0 Å². The van der Waals surface area contributed by atoms with Gasteiger partial charge in [0.05, 0.1) is 39.8 Å². The first kappa shape index (κ1) is 26.3. The third-order valence-corrected chi connectivity index (χ3v) is 9.17. The third kappa shape index (κ3) is 5.79. The molecule has 1 aliphatic heterocycles. The summed E-state index contributed by atoms with van der Waals surface area (Å²) >= 11 is 3.33. The molecule has 0 radical (unpaired) electrons. The number of benzene rings is 4. The monoisotopic (exact) mass is 565 g/mol. The highest BCUT2D eigenvalue weighted by Gasteiger charge is 2.24. The summed E-state index contributed by atoms with van der Waals surface area (Å²) in [5.74, 6) is -0.469. The highest BCUT2D eigenvalue weighted by Crippen LogP contribution is 2.43. The van der Waals surface area contributed by atoms with E-state index in [1.807, 2.05) is 30.3 Å². The van der Waals surface area contributed by atoms with Crippen molar-refractivity contribution >= 4 is 50.8 Å². The molecule has 1 N–H and O–H groups in total. The maximum atomic E-state index is 13.3. The maximum absolute atomic E-state index is 13.3. The van der Waals surface area contributed by atoms with E-state index in [1.165, 1.54) is 11.1 Å². The second-order valence-electron chi connectivity index (χ2n) is 9.39. The fourth-order valence-electron chi connectivity index (χ4n) is 4.72. The maximum Gasteiger partial charge on any atom is 0.256 e. The first-order valence-corrected chi connectivity index (χ1v) is 14.8. The number of thiazole rings is 1. The molecular formula is C32H27N3O3S2. The van der Waals surface area contributed by atoms with Gasteiger partial charge in [-0.2, -0.15) is 0 Å². The third-order valence-electron chi connectivity index (χ3n) is 6.75. The molecule has 0 bridgehead atoms. The summed E-state index contributed by atoms with van der Waals surface area (Å²) in [5, 5.41) is 3.10. The van der Waals surface area contributed by atoms with E-state index in [0.29, 0.717) is 43.1 Å². The fourth-order valence-corrected chi connectivity index (χ4v) is 7.15. The second-order valence-corrected chi connectivity index (χ2v) is 11.8. The Balaban J connectivity index is 1.22. The molecule has 0 aliphatic carbocycles. The molecule has 40 heavy (non-hydrogen) atoms. The Hall–Kier alpha value is -3.98. The van der Waals surface area contributed by atoms with Crippen LogP contribution >= 0.6 is 23.1 Å². The molecule has 1 aromatic heterocycles. The van der Waals surface area contributed by atoms with Gasteiger partial charge in [-0.05, 0) is 41.5 Å². The molecule has 4 aromatic carbocycles. The lowest BCUT2D eigenvalue weighted by Crippen LogP contribution is -2.41. The number of ether oxygens (including phenoxy) is 1. The van der Waals surface area contributed by atoms with Gasteiger partial charge in [-0.1, -0.05) is 84.6 Å². The lowest BCUT2D eigenvalue weighted by Gasteiger charge is -2.27. The molecule has 200 valence electrons. The first-order chi connectivity index (χ1) is 19.7. The number of thioether (sulfide) groups is 1. The van der Waals surface area contributed by atoms with Gasteiger partial charge < -0.3 is 15.0 Å². The van der Waals surface area contributed by atoms with Crippen molar-refractivity contribution in [1.29, 1.82) is 0 Å². The van der Waals surface area contributed by atoms with E-state index < -0.39 is 0 Å². The van der Waals surface area contributed by atoms with Gasteiger partial charge in [0, 0.05) is 18.8 Å². The standard InChI is InChI=1S/C32H27N3O3S2/c36-30(25-13-7-8-14-26(25)31(37)35-17-19-38-20-18-35)33-24-15-16-27-28(21-24)39-32(34-27)40-29(22-9-3-1-4-10-22)23-11-5-2-6-12-23/h1-16,21,29H,17-20H2,(H,33,36). The quantitative estimate of drug-likeness (QED) is 0.217. The predicted octanol–water partition coefficient (Wildman–Crippen LogP) is 6.90. The molecule has 1 saturated heterocycles. The van der Waals surface area contributed by atoms with Crippen molar-refractivity contribution in [3.8, 4) is 0 Å². The van der Waals surface area contributed by atoms with E-state index in [0.717, 1.165) is 14.6 Å². The summed E-state index contributed by atoms with van der Waals surface area (Å²) in [7, 11) is 0. The van der Waals surface area contributed by atoms with Crippen LogP contribution in [0.5, 0.6) is 0 Å². The molecule has 2 amide bonds. The number of aromatic nitrogens is 1. The Labute approximate surface area is 241 Å². The molecule has 5 aromatic rings. The van der Waals surface area contributed by atoms with Crippen molar-refractivity contribution in [1.82, 2.24) is 9.88 Å². The van der Waals surface area contributed by atoms with Crippen LogP contribution in [0.1, 0.15) is 37.1 Å². The Bertz CT molecular complexity index is 1590. The minimum Gasteiger partial charge on any atom is -0.378 e. The van der Waals surface area contributed by atoms with E-state index in [4.69, 9.17) is 9.72 Å². The van der Waals surface area contributed by atoms with Crippen LogP contribution in [-0.4, -0.2) is 48.0 Å². The van der Waals surface area contributed by atoms with Crippen LogP contribution in [0.4, 0.5) is 5.69 Å². The number of carbonyl (C=O) groups is 2. The molecule has 0 unspecified atom stereocenters. The Morgan fingerprint density at radius 1 is 0.825 bits per heavy atom. The Kier molecular flexibility index (Phi) is 7.90. The average molecular weight is 566 g/mol. The molecule has 0 spiro atoms. The number of hydrogen-bond donors (Lipinski definition) is 1. The number of nitrogens with zero attached hydrogens (tertiary/aromatic N) is 2. The summed E-state index contributed by atoms with van der Waals surface area (Å²) in [6.07, 6.45) is 0. The van der Waals surface area contributed by atoms with Crippen molar-refractivity contribution in [3.63, 3.8) is 0 Å².